The number of hydrogen-bond donors (Lipinski definition) is 0. The molecule has 0 unspecified atom stereocenters. The smallest absolute Gasteiger partial charge is 0.141 e. The summed E-state index contributed by atoms with van der Waals surface area (Å²) in [6.07, 6.45) is 3.41. The van der Waals surface area contributed by atoms with Gasteiger partial charge in [-0.2, -0.15) is 0 Å². The van der Waals surface area contributed by atoms with Gasteiger partial charge >= 0.3 is 0 Å². The zero-order chi connectivity index (χ0) is 16.0. The Morgan fingerprint density at radius 1 is 0.955 bits per heavy atom. The highest BCUT2D eigenvalue weighted by molar-refractivity contribution is 7.04. The van der Waals surface area contributed by atoms with Gasteiger partial charge in [0.05, 0.1) is 0 Å². The van der Waals surface area contributed by atoms with E-state index in [0.29, 0.717) is 5.56 Å². The van der Waals surface area contributed by atoms with Crippen molar-refractivity contribution in [2.75, 3.05) is 4.23 Å². The molecule has 2 nitrogen and oxygen atoms in total. The van der Waals surface area contributed by atoms with E-state index in [1.165, 1.54) is 12.1 Å². The molecule has 0 spiro atoms. The summed E-state index contributed by atoms with van der Waals surface area (Å²) in [5.74, 6) is -0.134. The van der Waals surface area contributed by atoms with Gasteiger partial charge in [-0.3, -0.25) is 4.98 Å². The summed E-state index contributed by atoms with van der Waals surface area (Å²) in [6.45, 7) is 9.62. The third kappa shape index (κ3) is 2.63. The van der Waals surface area contributed by atoms with Crippen LogP contribution in [-0.2, 0) is 0 Å². The van der Waals surface area contributed by atoms with Gasteiger partial charge in [0.15, 0.2) is 0 Å². The number of aromatic nitrogens is 1. The molecule has 1 aliphatic heterocycles. The Hall–Kier alpha value is -1.47. The van der Waals surface area contributed by atoms with Gasteiger partial charge in [0.1, 0.15) is 22.3 Å². The van der Waals surface area contributed by atoms with Gasteiger partial charge in [0.25, 0.3) is 0 Å². The summed E-state index contributed by atoms with van der Waals surface area (Å²) in [7, 11) is -2.89. The van der Waals surface area contributed by atoms with Gasteiger partial charge in [-0.05, 0) is 48.0 Å². The van der Waals surface area contributed by atoms with Crippen molar-refractivity contribution in [1.29, 1.82) is 0 Å². The number of halogens is 1. The molecule has 1 fully saturated rings. The fraction of sp³-hybridized carbons (Fsp3) is 0.353. The summed E-state index contributed by atoms with van der Waals surface area (Å²) in [5, 5.41) is 0. The molecule has 0 saturated carbocycles. The minimum atomic E-state index is -1.45. The number of hydrogen-bond acceptors (Lipinski definition) is 2. The molecule has 1 aromatic heterocycles. The first kappa shape index (κ1) is 15.4. The normalized spacial score (nSPS) is 19.4. The van der Waals surface area contributed by atoms with Crippen molar-refractivity contribution in [3.05, 3.63) is 48.5 Å². The van der Waals surface area contributed by atoms with E-state index in [1.807, 2.05) is 18.2 Å². The molecule has 0 aliphatic carbocycles. The van der Waals surface area contributed by atoms with E-state index in [0.717, 1.165) is 11.3 Å². The highest BCUT2D eigenvalue weighted by Crippen LogP contribution is 2.41. The second-order valence-corrected chi connectivity index (χ2v) is 17.0. The van der Waals surface area contributed by atoms with Crippen LogP contribution in [0.3, 0.4) is 0 Å². The van der Waals surface area contributed by atoms with E-state index in [2.05, 4.69) is 41.5 Å². The van der Waals surface area contributed by atoms with Crippen LogP contribution in [-0.4, -0.2) is 21.5 Å². The van der Waals surface area contributed by atoms with Crippen LogP contribution in [0.25, 0.3) is 11.1 Å². The monoisotopic (exact) mass is 330 g/mol. The number of benzene rings is 1. The molecule has 2 heterocycles. The van der Waals surface area contributed by atoms with Crippen LogP contribution in [0.4, 0.5) is 10.1 Å². The van der Waals surface area contributed by atoms with Crippen LogP contribution in [0.2, 0.25) is 38.3 Å². The number of pyridine rings is 1. The molecular weight excluding hydrogens is 307 g/mol. The van der Waals surface area contributed by atoms with E-state index in [-0.39, 0.29) is 5.82 Å². The minimum Gasteiger partial charge on any atom is -0.424 e. The molecule has 0 radical (unpaired) electrons. The molecule has 0 amide bonds. The van der Waals surface area contributed by atoms with E-state index in [9.17, 15) is 4.39 Å². The zero-order valence-electron chi connectivity index (χ0n) is 13.7. The van der Waals surface area contributed by atoms with Crippen LogP contribution < -0.4 is 4.23 Å². The molecule has 1 aliphatic rings. The topological polar surface area (TPSA) is 16.1 Å². The minimum absolute atomic E-state index is 0.134. The first-order valence-corrected chi connectivity index (χ1v) is 14.1. The first-order valence-electron chi connectivity index (χ1n) is 7.82. The molecule has 22 heavy (non-hydrogen) atoms. The highest BCUT2D eigenvalue weighted by Gasteiger charge is 2.47. The molecule has 5 heteroatoms. The predicted octanol–water partition coefficient (Wildman–Crippen LogP) is 5.12. The van der Waals surface area contributed by atoms with Gasteiger partial charge < -0.3 is 4.23 Å². The lowest BCUT2D eigenvalue weighted by atomic mass is 10.1. The summed E-state index contributed by atoms with van der Waals surface area (Å²) in [4.78, 5) is 4.00. The van der Waals surface area contributed by atoms with Crippen LogP contribution in [0.15, 0.2) is 42.7 Å². The molecule has 1 saturated heterocycles. The van der Waals surface area contributed by atoms with Crippen molar-refractivity contribution < 1.29 is 4.39 Å². The lowest BCUT2D eigenvalue weighted by Gasteiger charge is -2.41. The Balaban J connectivity index is 2.02. The Morgan fingerprint density at radius 3 is 2.09 bits per heavy atom. The Labute approximate surface area is 134 Å². The average Bonchev–Trinajstić information content (AvgIpc) is 2.68. The van der Waals surface area contributed by atoms with Crippen molar-refractivity contribution in [2.24, 2.45) is 0 Å². The van der Waals surface area contributed by atoms with Gasteiger partial charge in [-0.25, -0.2) is 4.39 Å². The van der Waals surface area contributed by atoms with Crippen LogP contribution in [0.1, 0.15) is 0 Å². The first-order chi connectivity index (χ1) is 10.3. The average molecular weight is 331 g/mol. The largest absolute Gasteiger partial charge is 0.424 e. The van der Waals surface area contributed by atoms with E-state index in [4.69, 9.17) is 0 Å². The summed E-state index contributed by atoms with van der Waals surface area (Å²) < 4.78 is 17.3. The quantitative estimate of drug-likeness (QED) is 0.711. The fourth-order valence-electron chi connectivity index (χ4n) is 3.76. The molecule has 3 rings (SSSR count). The Kier molecular flexibility index (Phi) is 3.73. The molecule has 1 aromatic carbocycles. The molecule has 0 bridgehead atoms. The zero-order valence-corrected chi connectivity index (χ0v) is 15.7. The van der Waals surface area contributed by atoms with E-state index < -0.39 is 16.5 Å². The van der Waals surface area contributed by atoms with E-state index >= 15 is 0 Å². The van der Waals surface area contributed by atoms with Gasteiger partial charge in [-0.1, -0.05) is 26.2 Å². The molecule has 0 N–H and O–H groups in total. The maximum atomic E-state index is 14.7. The lowest BCUT2D eigenvalue weighted by molar-refractivity contribution is 0.631. The van der Waals surface area contributed by atoms with Crippen molar-refractivity contribution >= 4 is 22.2 Å². The third-order valence-corrected chi connectivity index (χ3v) is 14.8. The second-order valence-electron chi connectivity index (χ2n) is 7.36. The van der Waals surface area contributed by atoms with Crippen LogP contribution in [0, 0.1) is 5.82 Å². The molecule has 2 aromatic rings. The Morgan fingerprint density at radius 2 is 1.55 bits per heavy atom. The summed E-state index contributed by atoms with van der Waals surface area (Å²) in [5.41, 5.74) is 2.62. The number of nitrogens with zero attached hydrogens (tertiary/aromatic N) is 2. The van der Waals surface area contributed by atoms with Crippen molar-refractivity contribution in [1.82, 2.24) is 4.98 Å². The maximum Gasteiger partial charge on any atom is 0.141 e. The number of rotatable bonds is 2. The standard InChI is InChI=1S/C17H23FN2Si2/c1-21(2)11-12-22(3,4)20(21)15-5-6-16(17(18)13-15)14-7-9-19-10-8-14/h5-10,13H,11-12H2,1-4H3. The molecular formula is C17H23FN2Si2. The predicted molar refractivity (Wildman–Crippen MR) is 96.7 cm³/mol. The summed E-state index contributed by atoms with van der Waals surface area (Å²) in [6, 6.07) is 12.1. The van der Waals surface area contributed by atoms with E-state index in [1.54, 1.807) is 18.5 Å². The number of anilines is 1. The highest BCUT2D eigenvalue weighted by atomic mass is 28.4. The summed E-state index contributed by atoms with van der Waals surface area (Å²) >= 11 is 0. The van der Waals surface area contributed by atoms with Gasteiger partial charge in [-0.15, -0.1) is 0 Å². The van der Waals surface area contributed by atoms with Gasteiger partial charge in [0.2, 0.25) is 0 Å². The third-order valence-electron chi connectivity index (χ3n) is 4.76. The maximum absolute atomic E-state index is 14.7. The van der Waals surface area contributed by atoms with Crippen molar-refractivity contribution in [3.63, 3.8) is 0 Å². The lowest BCUT2D eigenvalue weighted by Crippen LogP contribution is -2.55. The van der Waals surface area contributed by atoms with Crippen LogP contribution in [0.5, 0.6) is 0 Å². The van der Waals surface area contributed by atoms with Crippen molar-refractivity contribution in [3.8, 4) is 11.1 Å². The molecule has 116 valence electrons. The van der Waals surface area contributed by atoms with Gasteiger partial charge in [0, 0.05) is 23.6 Å². The SMILES string of the molecule is C[Si]1(C)CC[Si](C)(C)N1c1ccc(-c2ccncc2)c(F)c1. The van der Waals surface area contributed by atoms with Crippen molar-refractivity contribution in [2.45, 2.75) is 38.3 Å². The van der Waals surface area contributed by atoms with Crippen LogP contribution >= 0.6 is 0 Å². The molecule has 0 atom stereocenters. The fourth-order valence-corrected chi connectivity index (χ4v) is 18.0. The second kappa shape index (κ2) is 5.31. The Bertz CT molecular complexity index is 670.